The van der Waals surface area contributed by atoms with Crippen LogP contribution in [0.15, 0.2) is 0 Å². The van der Waals surface area contributed by atoms with Crippen molar-refractivity contribution in [1.29, 1.82) is 0 Å². The lowest BCUT2D eigenvalue weighted by Crippen LogP contribution is -2.23. The largest absolute Gasteiger partial charge is 0.451 e. The molecule has 1 unspecified atom stereocenters. The van der Waals surface area contributed by atoms with E-state index in [2.05, 4.69) is 20.7 Å². The fraction of sp³-hybridized carbons (Fsp3) is 0.600. The molecule has 0 saturated carbocycles. The number of carbonyl (C=O) groups excluding carboxylic acids is 2. The zero-order chi connectivity index (χ0) is 7.72. The Hall–Kier alpha value is -0.420. The maximum Gasteiger partial charge on any atom is 0.328 e. The van der Waals surface area contributed by atoms with E-state index in [1.807, 2.05) is 0 Å². The molecule has 4 nitrogen and oxygen atoms in total. The van der Waals surface area contributed by atoms with Crippen LogP contribution < -0.4 is 0 Å². The van der Waals surface area contributed by atoms with Crippen LogP contribution in [0.2, 0.25) is 0 Å². The molecule has 0 radical (unpaired) electrons. The highest BCUT2D eigenvalue weighted by molar-refractivity contribution is 9.10. The van der Waals surface area contributed by atoms with E-state index in [9.17, 15) is 9.59 Å². The fourth-order valence-corrected chi connectivity index (χ4v) is 1.07. The summed E-state index contributed by atoms with van der Waals surface area (Å²) in [5, 5.41) is 8.45. The van der Waals surface area contributed by atoms with Crippen LogP contribution in [0.25, 0.3) is 0 Å². The lowest BCUT2D eigenvalue weighted by atomic mass is 10.2. The molecule has 1 aliphatic rings. The molecule has 1 aliphatic heterocycles. The Morgan fingerprint density at radius 1 is 1.60 bits per heavy atom. The Kier molecular flexibility index (Phi) is 2.05. The number of hydrogen-bond donors (Lipinski definition) is 1. The molecule has 0 aromatic carbocycles. The van der Waals surface area contributed by atoms with Gasteiger partial charge in [0.05, 0.1) is 6.61 Å². The highest BCUT2D eigenvalue weighted by Crippen LogP contribution is 2.16. The average Bonchev–Trinajstić information content (AvgIpc) is 2.17. The van der Waals surface area contributed by atoms with Crippen molar-refractivity contribution in [2.75, 3.05) is 6.61 Å². The molecule has 10 heavy (non-hydrogen) atoms. The molecule has 0 spiro atoms. The molecule has 56 valence electrons. The van der Waals surface area contributed by atoms with Gasteiger partial charge in [-0.15, -0.1) is 0 Å². The number of aliphatic hydroxyl groups excluding tert-OH is 1. The number of aliphatic hydroxyl groups is 1. The Morgan fingerprint density at radius 3 is 2.40 bits per heavy atom. The molecule has 0 aliphatic carbocycles. The number of halogens is 1. The van der Waals surface area contributed by atoms with Crippen LogP contribution in [0.5, 0.6) is 0 Å². The maximum atomic E-state index is 10.8. The van der Waals surface area contributed by atoms with Gasteiger partial charge in [0, 0.05) is 0 Å². The molecule has 1 rings (SSSR count). The van der Waals surface area contributed by atoms with Crippen LogP contribution in [0.3, 0.4) is 0 Å². The number of rotatable bonds is 1. The summed E-state index contributed by atoms with van der Waals surface area (Å²) in [5.41, 5.74) is 0. The number of esters is 1. The van der Waals surface area contributed by atoms with Crippen LogP contribution >= 0.6 is 15.9 Å². The minimum atomic E-state index is -0.961. The molecule has 0 aromatic rings. The molecular weight excluding hydrogens is 204 g/mol. The summed E-state index contributed by atoms with van der Waals surface area (Å²) < 4.78 is 4.45. The van der Waals surface area contributed by atoms with E-state index >= 15 is 0 Å². The second kappa shape index (κ2) is 2.67. The third-order valence-corrected chi connectivity index (χ3v) is 2.02. The normalized spacial score (nSPS) is 32.6. The zero-order valence-electron chi connectivity index (χ0n) is 4.91. The van der Waals surface area contributed by atoms with Crippen LogP contribution in [-0.4, -0.2) is 34.4 Å². The van der Waals surface area contributed by atoms with Gasteiger partial charge in [-0.25, -0.2) is 0 Å². The molecule has 2 atom stereocenters. The summed E-state index contributed by atoms with van der Waals surface area (Å²) in [7, 11) is 0. The molecule has 1 fully saturated rings. The van der Waals surface area contributed by atoms with Crippen molar-refractivity contribution in [3.05, 3.63) is 0 Å². The summed E-state index contributed by atoms with van der Waals surface area (Å²) in [4.78, 5) is 20.5. The molecule has 0 bridgehead atoms. The SMILES string of the molecule is O=C1O[C@H](CO)C(=O)C1Br. The molecular formula is C5H5BrO4. The number of ether oxygens (including phenoxy) is 1. The number of carbonyl (C=O) groups is 2. The summed E-state index contributed by atoms with van der Waals surface area (Å²) in [6.45, 7) is -0.438. The third kappa shape index (κ3) is 1.06. The number of ketones is 1. The fourth-order valence-electron chi connectivity index (χ4n) is 0.665. The topological polar surface area (TPSA) is 63.6 Å². The highest BCUT2D eigenvalue weighted by atomic mass is 79.9. The van der Waals surface area contributed by atoms with E-state index in [-0.39, 0.29) is 0 Å². The van der Waals surface area contributed by atoms with Crippen molar-refractivity contribution in [2.45, 2.75) is 10.9 Å². The second-order valence-corrected chi connectivity index (χ2v) is 2.79. The number of hydrogen-bond acceptors (Lipinski definition) is 4. The van der Waals surface area contributed by atoms with Gasteiger partial charge in [-0.1, -0.05) is 15.9 Å². The van der Waals surface area contributed by atoms with Crippen molar-refractivity contribution in [3.8, 4) is 0 Å². The van der Waals surface area contributed by atoms with Crippen LogP contribution in [0, 0.1) is 0 Å². The monoisotopic (exact) mass is 208 g/mol. The van der Waals surface area contributed by atoms with Gasteiger partial charge >= 0.3 is 5.97 Å². The predicted octanol–water partition coefficient (Wildman–Crippen LogP) is -0.763. The first-order chi connectivity index (χ1) is 4.66. The molecule has 0 aromatic heterocycles. The standard InChI is InChI=1S/C5H5BrO4/c6-3-4(8)2(1-7)10-5(3)9/h2-3,7H,1H2/t2-,3?/m1/s1. The summed E-state index contributed by atoms with van der Waals surface area (Å²) in [5.74, 6) is -1.03. The number of cyclic esters (lactones) is 1. The minimum Gasteiger partial charge on any atom is -0.451 e. The van der Waals surface area contributed by atoms with Crippen LogP contribution in [-0.2, 0) is 14.3 Å². The number of alkyl halides is 1. The first-order valence-electron chi connectivity index (χ1n) is 2.66. The van der Waals surface area contributed by atoms with Crippen molar-refractivity contribution in [3.63, 3.8) is 0 Å². The van der Waals surface area contributed by atoms with Crippen LogP contribution in [0.4, 0.5) is 0 Å². The lowest BCUT2D eigenvalue weighted by molar-refractivity contribution is -0.143. The average molecular weight is 209 g/mol. The van der Waals surface area contributed by atoms with Gasteiger partial charge in [0.25, 0.3) is 0 Å². The second-order valence-electron chi connectivity index (χ2n) is 1.87. The summed E-state index contributed by atoms with van der Waals surface area (Å²) in [6, 6.07) is 0. The maximum absolute atomic E-state index is 10.8. The smallest absolute Gasteiger partial charge is 0.328 e. The van der Waals surface area contributed by atoms with Gasteiger partial charge in [0.15, 0.2) is 10.9 Å². The minimum absolute atomic E-state index is 0.410. The summed E-state index contributed by atoms with van der Waals surface area (Å²) in [6.07, 6.45) is -0.961. The van der Waals surface area contributed by atoms with E-state index in [0.717, 1.165) is 0 Å². The van der Waals surface area contributed by atoms with E-state index in [4.69, 9.17) is 5.11 Å². The lowest BCUT2D eigenvalue weighted by Gasteiger charge is -1.99. The zero-order valence-corrected chi connectivity index (χ0v) is 6.50. The van der Waals surface area contributed by atoms with Crippen molar-refractivity contribution in [2.24, 2.45) is 0 Å². The predicted molar refractivity (Wildman–Crippen MR) is 34.7 cm³/mol. The van der Waals surface area contributed by atoms with Crippen molar-refractivity contribution >= 4 is 27.7 Å². The Labute approximate surface area is 65.3 Å². The van der Waals surface area contributed by atoms with Gasteiger partial charge in [-0.05, 0) is 0 Å². The van der Waals surface area contributed by atoms with E-state index in [1.54, 1.807) is 0 Å². The van der Waals surface area contributed by atoms with Crippen molar-refractivity contribution in [1.82, 2.24) is 0 Å². The van der Waals surface area contributed by atoms with Gasteiger partial charge in [-0.2, -0.15) is 0 Å². The molecule has 1 saturated heterocycles. The Morgan fingerprint density at radius 2 is 2.20 bits per heavy atom. The van der Waals surface area contributed by atoms with Gasteiger partial charge in [0.1, 0.15) is 0 Å². The first-order valence-corrected chi connectivity index (χ1v) is 3.57. The molecule has 1 heterocycles. The summed E-state index contributed by atoms with van der Waals surface area (Å²) >= 11 is 2.82. The van der Waals surface area contributed by atoms with Gasteiger partial charge < -0.3 is 9.84 Å². The van der Waals surface area contributed by atoms with E-state index in [0.29, 0.717) is 0 Å². The highest BCUT2D eigenvalue weighted by Gasteiger charge is 2.41. The number of Topliss-reactive ketones (excluding diaryl/α,β-unsaturated/α-hetero) is 1. The quantitative estimate of drug-likeness (QED) is 0.350. The third-order valence-electron chi connectivity index (χ3n) is 1.20. The molecule has 5 heteroatoms. The first kappa shape index (κ1) is 7.68. The van der Waals surface area contributed by atoms with Crippen LogP contribution in [0.1, 0.15) is 0 Å². The van der Waals surface area contributed by atoms with Gasteiger partial charge in [-0.3, -0.25) is 9.59 Å². The molecule has 1 N–H and O–H groups in total. The van der Waals surface area contributed by atoms with Crippen molar-refractivity contribution < 1.29 is 19.4 Å². The Bertz CT molecular complexity index is 178. The van der Waals surface area contributed by atoms with Gasteiger partial charge in [0.2, 0.25) is 5.78 Å². The van der Waals surface area contributed by atoms with E-state index < -0.39 is 29.3 Å². The molecule has 0 amide bonds. The van der Waals surface area contributed by atoms with E-state index in [1.165, 1.54) is 0 Å². The Balaban J connectivity index is 2.71.